The van der Waals surface area contributed by atoms with Gasteiger partial charge in [0.25, 0.3) is 0 Å². The van der Waals surface area contributed by atoms with Crippen molar-refractivity contribution < 1.29 is 9.53 Å². The SMILES string of the molecule is O=C(C1CCNc2ccccc21)N1CC2CCC(C1)O2. The molecule has 3 aliphatic rings. The molecule has 2 bridgehead atoms. The Morgan fingerprint density at radius 2 is 1.90 bits per heavy atom. The number of rotatable bonds is 1. The van der Waals surface area contributed by atoms with Gasteiger partial charge >= 0.3 is 0 Å². The Balaban J connectivity index is 1.57. The molecule has 4 rings (SSSR count). The zero-order valence-corrected chi connectivity index (χ0v) is 11.5. The maximum atomic E-state index is 12.9. The highest BCUT2D eigenvalue weighted by atomic mass is 16.5. The van der Waals surface area contributed by atoms with E-state index in [0.717, 1.165) is 50.1 Å². The number of fused-ring (bicyclic) bond motifs is 3. The van der Waals surface area contributed by atoms with Crippen molar-refractivity contribution in [3.05, 3.63) is 29.8 Å². The van der Waals surface area contributed by atoms with E-state index in [-0.39, 0.29) is 18.1 Å². The highest BCUT2D eigenvalue weighted by molar-refractivity contribution is 5.86. The van der Waals surface area contributed by atoms with Crippen molar-refractivity contribution in [2.24, 2.45) is 0 Å². The van der Waals surface area contributed by atoms with E-state index >= 15 is 0 Å². The molecule has 0 aliphatic carbocycles. The van der Waals surface area contributed by atoms with Crippen LogP contribution in [0.4, 0.5) is 5.69 Å². The molecule has 106 valence electrons. The van der Waals surface area contributed by atoms with Gasteiger partial charge in [0, 0.05) is 25.3 Å². The molecular formula is C16H20N2O2. The number of nitrogens with one attached hydrogen (secondary N) is 1. The smallest absolute Gasteiger partial charge is 0.230 e. The van der Waals surface area contributed by atoms with Crippen molar-refractivity contribution in [2.75, 3.05) is 25.0 Å². The normalized spacial score (nSPS) is 31.6. The van der Waals surface area contributed by atoms with Crippen LogP contribution >= 0.6 is 0 Å². The zero-order valence-electron chi connectivity index (χ0n) is 11.5. The molecule has 1 aromatic rings. The number of hydrogen-bond acceptors (Lipinski definition) is 3. The summed E-state index contributed by atoms with van der Waals surface area (Å²) in [7, 11) is 0. The number of hydrogen-bond donors (Lipinski definition) is 1. The lowest BCUT2D eigenvalue weighted by Crippen LogP contribution is -2.48. The molecule has 3 heterocycles. The summed E-state index contributed by atoms with van der Waals surface area (Å²) in [6.07, 6.45) is 3.65. The van der Waals surface area contributed by atoms with E-state index in [1.54, 1.807) is 0 Å². The fourth-order valence-electron chi connectivity index (χ4n) is 3.74. The molecule has 20 heavy (non-hydrogen) atoms. The molecule has 2 saturated heterocycles. The summed E-state index contributed by atoms with van der Waals surface area (Å²) in [5.74, 6) is 0.309. The molecule has 4 nitrogen and oxygen atoms in total. The van der Waals surface area contributed by atoms with E-state index in [1.807, 2.05) is 17.0 Å². The van der Waals surface area contributed by atoms with Gasteiger partial charge in [-0.05, 0) is 30.9 Å². The topological polar surface area (TPSA) is 41.6 Å². The van der Waals surface area contributed by atoms with Crippen LogP contribution in [0.3, 0.4) is 0 Å². The summed E-state index contributed by atoms with van der Waals surface area (Å²) in [5, 5.41) is 3.38. The minimum Gasteiger partial charge on any atom is -0.385 e. The van der Waals surface area contributed by atoms with E-state index in [4.69, 9.17) is 4.74 Å². The Bertz CT molecular complexity index is 519. The van der Waals surface area contributed by atoms with Gasteiger partial charge in [-0.15, -0.1) is 0 Å². The first-order chi connectivity index (χ1) is 9.81. The van der Waals surface area contributed by atoms with Crippen molar-refractivity contribution in [3.63, 3.8) is 0 Å². The number of para-hydroxylation sites is 1. The number of nitrogens with zero attached hydrogens (tertiary/aromatic N) is 1. The zero-order chi connectivity index (χ0) is 13.5. The number of likely N-dealkylation sites (tertiary alicyclic amines) is 1. The third kappa shape index (κ3) is 1.99. The highest BCUT2D eigenvalue weighted by Gasteiger charge is 2.38. The van der Waals surface area contributed by atoms with Crippen LogP contribution in [0.25, 0.3) is 0 Å². The Morgan fingerprint density at radius 3 is 2.70 bits per heavy atom. The van der Waals surface area contributed by atoms with Crippen molar-refractivity contribution in [3.8, 4) is 0 Å². The summed E-state index contributed by atoms with van der Waals surface area (Å²) in [4.78, 5) is 14.9. The second-order valence-electron chi connectivity index (χ2n) is 6.06. The van der Waals surface area contributed by atoms with E-state index < -0.39 is 0 Å². The van der Waals surface area contributed by atoms with Gasteiger partial charge in [0.15, 0.2) is 0 Å². The molecule has 3 aliphatic heterocycles. The second-order valence-corrected chi connectivity index (χ2v) is 6.06. The van der Waals surface area contributed by atoms with Crippen LogP contribution in [0.15, 0.2) is 24.3 Å². The molecule has 1 aromatic carbocycles. The summed E-state index contributed by atoms with van der Waals surface area (Å²) in [6.45, 7) is 2.44. The molecule has 0 aromatic heterocycles. The first kappa shape index (κ1) is 12.2. The van der Waals surface area contributed by atoms with Gasteiger partial charge in [-0.3, -0.25) is 4.79 Å². The average Bonchev–Trinajstić information content (AvgIpc) is 2.84. The van der Waals surface area contributed by atoms with Crippen LogP contribution in [0.5, 0.6) is 0 Å². The number of amides is 1. The molecule has 1 N–H and O–H groups in total. The Morgan fingerprint density at radius 1 is 1.15 bits per heavy atom. The van der Waals surface area contributed by atoms with Crippen LogP contribution in [0, 0.1) is 0 Å². The van der Waals surface area contributed by atoms with E-state index in [0.29, 0.717) is 5.91 Å². The monoisotopic (exact) mass is 272 g/mol. The first-order valence-electron chi connectivity index (χ1n) is 7.58. The lowest BCUT2D eigenvalue weighted by molar-refractivity contribution is -0.141. The number of morpholine rings is 1. The Labute approximate surface area is 119 Å². The van der Waals surface area contributed by atoms with Gasteiger partial charge in [-0.1, -0.05) is 18.2 Å². The number of carbonyl (C=O) groups excluding carboxylic acids is 1. The predicted molar refractivity (Wildman–Crippen MR) is 76.8 cm³/mol. The fraction of sp³-hybridized carbons (Fsp3) is 0.562. The lowest BCUT2D eigenvalue weighted by atomic mass is 9.89. The number of carbonyl (C=O) groups is 1. The Hall–Kier alpha value is -1.55. The first-order valence-corrected chi connectivity index (χ1v) is 7.58. The lowest BCUT2D eigenvalue weighted by Gasteiger charge is -2.36. The third-order valence-electron chi connectivity index (χ3n) is 4.74. The summed E-state index contributed by atoms with van der Waals surface area (Å²) < 4.78 is 5.83. The third-order valence-corrected chi connectivity index (χ3v) is 4.74. The van der Waals surface area contributed by atoms with E-state index in [1.165, 1.54) is 0 Å². The van der Waals surface area contributed by atoms with Crippen molar-refractivity contribution in [1.29, 1.82) is 0 Å². The predicted octanol–water partition coefficient (Wildman–Crippen LogP) is 1.98. The highest BCUT2D eigenvalue weighted by Crippen LogP contribution is 2.34. The molecule has 0 saturated carbocycles. The van der Waals surface area contributed by atoms with E-state index in [2.05, 4.69) is 17.4 Å². The van der Waals surface area contributed by atoms with Gasteiger partial charge in [0.05, 0.1) is 18.1 Å². The molecule has 2 fully saturated rings. The van der Waals surface area contributed by atoms with Gasteiger partial charge < -0.3 is 15.0 Å². The molecule has 3 unspecified atom stereocenters. The van der Waals surface area contributed by atoms with E-state index in [9.17, 15) is 4.79 Å². The second kappa shape index (κ2) is 4.77. The minimum atomic E-state index is 0.0185. The van der Waals surface area contributed by atoms with Gasteiger partial charge in [0.1, 0.15) is 0 Å². The maximum Gasteiger partial charge on any atom is 0.230 e. The molecule has 1 amide bonds. The van der Waals surface area contributed by atoms with Gasteiger partial charge in [-0.2, -0.15) is 0 Å². The van der Waals surface area contributed by atoms with Crippen LogP contribution in [-0.2, 0) is 9.53 Å². The summed E-state index contributed by atoms with van der Waals surface area (Å²) in [5.41, 5.74) is 2.27. The Kier molecular flexibility index (Phi) is 2.91. The summed E-state index contributed by atoms with van der Waals surface area (Å²) in [6, 6.07) is 8.19. The number of anilines is 1. The van der Waals surface area contributed by atoms with Crippen LogP contribution < -0.4 is 5.32 Å². The van der Waals surface area contributed by atoms with Crippen molar-refractivity contribution in [1.82, 2.24) is 4.90 Å². The van der Waals surface area contributed by atoms with Crippen molar-refractivity contribution in [2.45, 2.75) is 37.4 Å². The number of benzene rings is 1. The van der Waals surface area contributed by atoms with Crippen LogP contribution in [0.1, 0.15) is 30.7 Å². The maximum absolute atomic E-state index is 12.9. The summed E-state index contributed by atoms with van der Waals surface area (Å²) >= 11 is 0. The van der Waals surface area contributed by atoms with Crippen molar-refractivity contribution >= 4 is 11.6 Å². The van der Waals surface area contributed by atoms with Crippen LogP contribution in [0.2, 0.25) is 0 Å². The molecule has 0 radical (unpaired) electrons. The van der Waals surface area contributed by atoms with Gasteiger partial charge in [0.2, 0.25) is 5.91 Å². The molecule has 4 heteroatoms. The molecule has 3 atom stereocenters. The quantitative estimate of drug-likeness (QED) is 0.850. The molecule has 0 spiro atoms. The largest absolute Gasteiger partial charge is 0.385 e. The fourth-order valence-corrected chi connectivity index (χ4v) is 3.74. The van der Waals surface area contributed by atoms with Gasteiger partial charge in [-0.25, -0.2) is 0 Å². The minimum absolute atomic E-state index is 0.0185. The average molecular weight is 272 g/mol. The molecular weight excluding hydrogens is 252 g/mol. The number of ether oxygens (including phenoxy) is 1. The van der Waals surface area contributed by atoms with Crippen LogP contribution in [-0.4, -0.2) is 42.6 Å². The standard InChI is InChI=1S/C16H20N2O2/c19-16(18-9-11-5-6-12(10-18)20-11)14-7-8-17-15-4-2-1-3-13(14)15/h1-4,11-12,14,17H,5-10H2.